The zero-order valence-corrected chi connectivity index (χ0v) is 10.4. The Kier molecular flexibility index (Phi) is 3.09. The van der Waals surface area contributed by atoms with Crippen molar-refractivity contribution in [2.24, 2.45) is 17.3 Å². The first kappa shape index (κ1) is 11.7. The van der Waals surface area contributed by atoms with Crippen LogP contribution in [0.5, 0.6) is 0 Å². The molecule has 0 aliphatic heterocycles. The van der Waals surface area contributed by atoms with Crippen molar-refractivity contribution < 1.29 is 9.53 Å². The van der Waals surface area contributed by atoms with Gasteiger partial charge in [0.15, 0.2) is 0 Å². The van der Waals surface area contributed by atoms with Crippen molar-refractivity contribution in [3.63, 3.8) is 0 Å². The molecule has 2 aliphatic rings. The highest BCUT2D eigenvalue weighted by atomic mass is 16.5. The molecule has 16 heavy (non-hydrogen) atoms. The van der Waals surface area contributed by atoms with Crippen molar-refractivity contribution in [2.45, 2.75) is 45.4 Å². The molecule has 2 fully saturated rings. The second kappa shape index (κ2) is 4.23. The van der Waals surface area contributed by atoms with Crippen LogP contribution in [0, 0.1) is 17.3 Å². The highest BCUT2D eigenvalue weighted by molar-refractivity contribution is 5.74. The monoisotopic (exact) mass is 222 g/mol. The quantitative estimate of drug-likeness (QED) is 0.502. The first-order valence-electron chi connectivity index (χ1n) is 6.34. The lowest BCUT2D eigenvalue weighted by atomic mass is 9.63. The van der Waals surface area contributed by atoms with Crippen LogP contribution in [-0.2, 0) is 9.53 Å². The van der Waals surface area contributed by atoms with E-state index in [9.17, 15) is 4.79 Å². The van der Waals surface area contributed by atoms with Gasteiger partial charge >= 0.3 is 5.97 Å². The molecule has 90 valence electrons. The van der Waals surface area contributed by atoms with Crippen LogP contribution < -0.4 is 0 Å². The van der Waals surface area contributed by atoms with E-state index in [-0.39, 0.29) is 17.3 Å². The van der Waals surface area contributed by atoms with E-state index in [1.54, 1.807) is 0 Å². The summed E-state index contributed by atoms with van der Waals surface area (Å²) in [4.78, 5) is 11.9. The Balaban J connectivity index is 2.20. The van der Waals surface area contributed by atoms with Gasteiger partial charge < -0.3 is 4.74 Å². The molecule has 2 rings (SSSR count). The minimum Gasteiger partial charge on any atom is -0.469 e. The van der Waals surface area contributed by atoms with Crippen LogP contribution >= 0.6 is 0 Å². The topological polar surface area (TPSA) is 26.3 Å². The molecule has 0 N–H and O–H groups in total. The molecule has 2 aliphatic carbocycles. The van der Waals surface area contributed by atoms with E-state index in [0.29, 0.717) is 5.92 Å². The molecule has 2 saturated carbocycles. The number of carbonyl (C=O) groups is 1. The van der Waals surface area contributed by atoms with Gasteiger partial charge in [0.1, 0.15) is 0 Å². The van der Waals surface area contributed by atoms with E-state index >= 15 is 0 Å². The molecule has 1 spiro atoms. The normalized spacial score (nSPS) is 33.0. The van der Waals surface area contributed by atoms with Gasteiger partial charge in [0, 0.05) is 0 Å². The van der Waals surface area contributed by atoms with Crippen LogP contribution in [0.1, 0.15) is 45.4 Å². The molecule has 0 saturated heterocycles. The number of allylic oxidation sites excluding steroid dienone is 1. The Morgan fingerprint density at radius 3 is 2.56 bits per heavy atom. The molecule has 2 atom stereocenters. The van der Waals surface area contributed by atoms with E-state index in [1.807, 2.05) is 0 Å². The van der Waals surface area contributed by atoms with Crippen molar-refractivity contribution in [1.29, 1.82) is 0 Å². The fourth-order valence-corrected chi connectivity index (χ4v) is 3.74. The van der Waals surface area contributed by atoms with Crippen molar-refractivity contribution in [3.8, 4) is 0 Å². The summed E-state index contributed by atoms with van der Waals surface area (Å²) in [5, 5.41) is 0. The standard InChI is InChI=1S/C14H22O2/c1-10-6-8-14(9-7-10)11(2)4-5-12(14)13(15)16-3/h11-12H,1,4-9H2,2-3H3/t11-,12+/m1/s1. The Morgan fingerprint density at radius 2 is 2.00 bits per heavy atom. The van der Waals surface area contributed by atoms with Crippen LogP contribution in [-0.4, -0.2) is 13.1 Å². The zero-order chi connectivity index (χ0) is 11.8. The van der Waals surface area contributed by atoms with Crippen molar-refractivity contribution in [2.75, 3.05) is 7.11 Å². The minimum absolute atomic E-state index is 0.0110. The van der Waals surface area contributed by atoms with Crippen molar-refractivity contribution in [1.82, 2.24) is 0 Å². The van der Waals surface area contributed by atoms with Crippen molar-refractivity contribution in [3.05, 3.63) is 12.2 Å². The average molecular weight is 222 g/mol. The second-order valence-corrected chi connectivity index (χ2v) is 5.54. The Bertz CT molecular complexity index is 296. The van der Waals surface area contributed by atoms with E-state index in [0.717, 1.165) is 32.1 Å². The van der Waals surface area contributed by atoms with E-state index in [1.165, 1.54) is 19.1 Å². The molecule has 0 unspecified atom stereocenters. The molecule has 0 heterocycles. The van der Waals surface area contributed by atoms with Crippen LogP contribution in [0.25, 0.3) is 0 Å². The van der Waals surface area contributed by atoms with Gasteiger partial charge in [-0.2, -0.15) is 0 Å². The van der Waals surface area contributed by atoms with E-state index in [2.05, 4.69) is 13.5 Å². The first-order valence-corrected chi connectivity index (χ1v) is 6.34. The molecular formula is C14H22O2. The number of methoxy groups -OCH3 is 1. The number of esters is 1. The van der Waals surface area contributed by atoms with E-state index in [4.69, 9.17) is 4.74 Å². The molecule has 0 bridgehead atoms. The second-order valence-electron chi connectivity index (χ2n) is 5.54. The maximum Gasteiger partial charge on any atom is 0.309 e. The van der Waals surface area contributed by atoms with Crippen LogP contribution in [0.3, 0.4) is 0 Å². The lowest BCUT2D eigenvalue weighted by Crippen LogP contribution is -2.38. The Hall–Kier alpha value is -0.790. The maximum absolute atomic E-state index is 11.9. The van der Waals surface area contributed by atoms with Crippen molar-refractivity contribution >= 4 is 5.97 Å². The third-order valence-corrected chi connectivity index (χ3v) is 4.94. The van der Waals surface area contributed by atoms with E-state index < -0.39 is 0 Å². The van der Waals surface area contributed by atoms with Gasteiger partial charge in [-0.3, -0.25) is 4.79 Å². The average Bonchev–Trinajstić information content (AvgIpc) is 2.60. The molecular weight excluding hydrogens is 200 g/mol. The van der Waals surface area contributed by atoms with Gasteiger partial charge in [0.05, 0.1) is 13.0 Å². The van der Waals surface area contributed by atoms with Crippen LogP contribution in [0.15, 0.2) is 12.2 Å². The summed E-state index contributed by atoms with van der Waals surface area (Å²) < 4.78 is 4.98. The summed E-state index contributed by atoms with van der Waals surface area (Å²) in [7, 11) is 1.51. The lowest BCUT2D eigenvalue weighted by Gasteiger charge is -2.41. The van der Waals surface area contributed by atoms with Crippen LogP contribution in [0.2, 0.25) is 0 Å². The van der Waals surface area contributed by atoms with Gasteiger partial charge in [0.25, 0.3) is 0 Å². The summed E-state index contributed by atoms with van der Waals surface area (Å²) in [6.07, 6.45) is 6.64. The summed E-state index contributed by atoms with van der Waals surface area (Å²) in [5.41, 5.74) is 1.57. The molecule has 0 aromatic rings. The maximum atomic E-state index is 11.9. The summed E-state index contributed by atoms with van der Waals surface area (Å²) >= 11 is 0. The summed E-state index contributed by atoms with van der Waals surface area (Å²) in [6, 6.07) is 0. The predicted octanol–water partition coefficient (Wildman–Crippen LogP) is 3.32. The molecule has 0 amide bonds. The third kappa shape index (κ3) is 1.68. The summed E-state index contributed by atoms with van der Waals surface area (Å²) in [6.45, 7) is 6.37. The van der Waals surface area contributed by atoms with Gasteiger partial charge in [-0.1, -0.05) is 19.1 Å². The van der Waals surface area contributed by atoms with Gasteiger partial charge in [-0.15, -0.1) is 0 Å². The Labute approximate surface area is 98.1 Å². The van der Waals surface area contributed by atoms with Gasteiger partial charge in [0.2, 0.25) is 0 Å². The number of rotatable bonds is 1. The molecule has 2 heteroatoms. The summed E-state index contributed by atoms with van der Waals surface area (Å²) in [5.74, 6) is 0.808. The molecule has 2 nitrogen and oxygen atoms in total. The number of hydrogen-bond donors (Lipinski definition) is 0. The first-order chi connectivity index (χ1) is 7.60. The Morgan fingerprint density at radius 1 is 1.38 bits per heavy atom. The number of carbonyl (C=O) groups excluding carboxylic acids is 1. The van der Waals surface area contributed by atoms with Gasteiger partial charge in [-0.25, -0.2) is 0 Å². The minimum atomic E-state index is 0.0110. The number of ether oxygens (including phenoxy) is 1. The number of hydrogen-bond acceptors (Lipinski definition) is 2. The highest BCUT2D eigenvalue weighted by Gasteiger charge is 2.52. The zero-order valence-electron chi connectivity index (χ0n) is 10.4. The predicted molar refractivity (Wildman–Crippen MR) is 63.9 cm³/mol. The highest BCUT2D eigenvalue weighted by Crippen LogP contribution is 2.57. The SMILES string of the molecule is C=C1CCC2(CC1)[C@H](C)CC[C@H]2C(=O)OC. The van der Waals surface area contributed by atoms with Crippen LogP contribution in [0.4, 0.5) is 0 Å². The van der Waals surface area contributed by atoms with Gasteiger partial charge in [-0.05, 0) is 49.9 Å². The lowest BCUT2D eigenvalue weighted by molar-refractivity contribution is -0.150. The molecule has 0 aromatic heterocycles. The third-order valence-electron chi connectivity index (χ3n) is 4.94. The molecule has 0 radical (unpaired) electrons. The fraction of sp³-hybridized carbons (Fsp3) is 0.786. The molecule has 0 aromatic carbocycles. The smallest absolute Gasteiger partial charge is 0.309 e. The largest absolute Gasteiger partial charge is 0.469 e. The fourth-order valence-electron chi connectivity index (χ4n) is 3.74.